The van der Waals surface area contributed by atoms with Crippen molar-refractivity contribution in [1.29, 1.82) is 0 Å². The Morgan fingerprint density at radius 3 is 2.52 bits per heavy atom. The molecule has 0 bridgehead atoms. The average molecular weight is 326 g/mol. The van der Waals surface area contributed by atoms with E-state index in [-0.39, 0.29) is 6.09 Å². The summed E-state index contributed by atoms with van der Waals surface area (Å²) in [7, 11) is 1.75. The summed E-state index contributed by atoms with van der Waals surface area (Å²) in [5.41, 5.74) is 0.173. The van der Waals surface area contributed by atoms with E-state index in [1.807, 2.05) is 20.8 Å². The van der Waals surface area contributed by atoms with Gasteiger partial charge in [0.1, 0.15) is 5.60 Å². The van der Waals surface area contributed by atoms with E-state index < -0.39 is 5.60 Å². The molecule has 5 nitrogen and oxygen atoms in total. The number of amides is 1. The summed E-state index contributed by atoms with van der Waals surface area (Å²) in [6.45, 7) is 8.12. The lowest BCUT2D eigenvalue weighted by atomic mass is 10.00. The fraction of sp³-hybridized carbons (Fsp3) is 0.944. The lowest BCUT2D eigenvalue weighted by Gasteiger charge is -2.23. The maximum absolute atomic E-state index is 11.6. The molecule has 0 aromatic carbocycles. The minimum atomic E-state index is -0.439. The lowest BCUT2D eigenvalue weighted by molar-refractivity contribution is 0.0526. The van der Waals surface area contributed by atoms with Crippen LogP contribution in [0.5, 0.6) is 0 Å². The molecule has 0 aromatic heterocycles. The quantitative estimate of drug-likeness (QED) is 0.606. The molecule has 0 spiro atoms. The molecule has 5 heteroatoms. The average Bonchev–Trinajstić information content (AvgIpc) is 3.32. The monoisotopic (exact) mass is 326 g/mol. The van der Waals surface area contributed by atoms with Gasteiger partial charge in [0.15, 0.2) is 0 Å². The molecule has 0 aromatic rings. The van der Waals surface area contributed by atoms with E-state index >= 15 is 0 Å². The van der Waals surface area contributed by atoms with Gasteiger partial charge in [-0.25, -0.2) is 4.79 Å². The fourth-order valence-corrected chi connectivity index (χ4v) is 3.23. The predicted octanol–water partition coefficient (Wildman–Crippen LogP) is 3.09. The van der Waals surface area contributed by atoms with Gasteiger partial charge in [-0.05, 0) is 70.6 Å². The van der Waals surface area contributed by atoms with Crippen molar-refractivity contribution < 1.29 is 14.3 Å². The van der Waals surface area contributed by atoms with Crippen LogP contribution in [0.3, 0.4) is 0 Å². The van der Waals surface area contributed by atoms with Crippen molar-refractivity contribution in [3.8, 4) is 0 Å². The summed E-state index contributed by atoms with van der Waals surface area (Å²) in [4.78, 5) is 11.6. The predicted molar refractivity (Wildman–Crippen MR) is 91.5 cm³/mol. The van der Waals surface area contributed by atoms with Crippen LogP contribution in [0.15, 0.2) is 0 Å². The first kappa shape index (κ1) is 18.5. The number of hydrogen-bond donors (Lipinski definition) is 2. The first-order valence-electron chi connectivity index (χ1n) is 9.04. The zero-order valence-corrected chi connectivity index (χ0v) is 15.2. The SMILES string of the molecule is COCC(CCCNC(=O)OC(C)(C)C)NCC1(C2CC2)CC1. The van der Waals surface area contributed by atoms with Gasteiger partial charge in [-0.2, -0.15) is 0 Å². The maximum atomic E-state index is 11.6. The molecular weight excluding hydrogens is 292 g/mol. The van der Waals surface area contributed by atoms with Crippen LogP contribution in [0.1, 0.15) is 59.3 Å². The molecule has 0 heterocycles. The van der Waals surface area contributed by atoms with E-state index in [0.717, 1.165) is 31.9 Å². The van der Waals surface area contributed by atoms with E-state index in [1.165, 1.54) is 25.7 Å². The molecule has 1 unspecified atom stereocenters. The second kappa shape index (κ2) is 7.84. The van der Waals surface area contributed by atoms with Crippen molar-refractivity contribution in [3.63, 3.8) is 0 Å². The molecule has 1 atom stereocenters. The van der Waals surface area contributed by atoms with Gasteiger partial charge >= 0.3 is 6.09 Å². The van der Waals surface area contributed by atoms with Gasteiger partial charge in [-0.15, -0.1) is 0 Å². The van der Waals surface area contributed by atoms with Crippen LogP contribution in [0.25, 0.3) is 0 Å². The van der Waals surface area contributed by atoms with Gasteiger partial charge in [0.2, 0.25) is 0 Å². The Hall–Kier alpha value is -0.810. The van der Waals surface area contributed by atoms with Crippen molar-refractivity contribution in [3.05, 3.63) is 0 Å². The first-order valence-corrected chi connectivity index (χ1v) is 9.04. The molecule has 0 aliphatic heterocycles. The largest absolute Gasteiger partial charge is 0.444 e. The zero-order chi connectivity index (χ0) is 16.9. The Labute approximate surface area is 140 Å². The number of ether oxygens (including phenoxy) is 2. The minimum Gasteiger partial charge on any atom is -0.444 e. The van der Waals surface area contributed by atoms with Gasteiger partial charge in [0.05, 0.1) is 6.61 Å². The third kappa shape index (κ3) is 6.68. The third-order valence-corrected chi connectivity index (χ3v) is 4.84. The summed E-state index contributed by atoms with van der Waals surface area (Å²) in [6, 6.07) is 0.372. The molecule has 2 fully saturated rings. The van der Waals surface area contributed by atoms with E-state index in [2.05, 4.69) is 10.6 Å². The summed E-state index contributed by atoms with van der Waals surface area (Å²) >= 11 is 0. The summed E-state index contributed by atoms with van der Waals surface area (Å²) in [6.07, 6.45) is 7.24. The van der Waals surface area contributed by atoms with Crippen LogP contribution < -0.4 is 10.6 Å². The molecule has 134 valence electrons. The van der Waals surface area contributed by atoms with E-state index in [4.69, 9.17) is 9.47 Å². The topological polar surface area (TPSA) is 59.6 Å². The second-order valence-corrected chi connectivity index (χ2v) is 8.24. The summed E-state index contributed by atoms with van der Waals surface area (Å²) in [5, 5.41) is 6.52. The van der Waals surface area contributed by atoms with Crippen molar-refractivity contribution in [1.82, 2.24) is 10.6 Å². The van der Waals surface area contributed by atoms with Gasteiger partial charge in [0, 0.05) is 26.2 Å². The van der Waals surface area contributed by atoms with Crippen LogP contribution in [0.4, 0.5) is 4.79 Å². The van der Waals surface area contributed by atoms with Gasteiger partial charge in [-0.1, -0.05) is 0 Å². The number of nitrogens with one attached hydrogen (secondary N) is 2. The van der Waals surface area contributed by atoms with Crippen LogP contribution >= 0.6 is 0 Å². The van der Waals surface area contributed by atoms with E-state index in [9.17, 15) is 4.79 Å². The van der Waals surface area contributed by atoms with Crippen LogP contribution in [0.2, 0.25) is 0 Å². The molecule has 23 heavy (non-hydrogen) atoms. The number of carbonyl (C=O) groups is 1. The molecule has 0 radical (unpaired) electrons. The van der Waals surface area contributed by atoms with Crippen LogP contribution in [-0.2, 0) is 9.47 Å². The van der Waals surface area contributed by atoms with Crippen LogP contribution in [0, 0.1) is 11.3 Å². The van der Waals surface area contributed by atoms with E-state index in [0.29, 0.717) is 18.0 Å². The Morgan fingerprint density at radius 2 is 2.00 bits per heavy atom. The third-order valence-electron chi connectivity index (χ3n) is 4.84. The smallest absolute Gasteiger partial charge is 0.407 e. The Bertz CT molecular complexity index is 384. The highest BCUT2D eigenvalue weighted by Gasteiger charge is 2.53. The highest BCUT2D eigenvalue weighted by Crippen LogP contribution is 2.60. The van der Waals surface area contributed by atoms with Gasteiger partial charge in [-0.3, -0.25) is 0 Å². The number of carbonyl (C=O) groups excluding carboxylic acids is 1. The number of rotatable bonds is 10. The normalized spacial score (nSPS) is 20.9. The Kier molecular flexibility index (Phi) is 6.32. The summed E-state index contributed by atoms with van der Waals surface area (Å²) in [5.74, 6) is 0.979. The second-order valence-electron chi connectivity index (χ2n) is 8.24. The fourth-order valence-electron chi connectivity index (χ4n) is 3.23. The zero-order valence-electron chi connectivity index (χ0n) is 15.2. The van der Waals surface area contributed by atoms with Gasteiger partial charge in [0.25, 0.3) is 0 Å². The molecule has 2 aliphatic carbocycles. The molecular formula is C18H34N2O3. The molecule has 2 N–H and O–H groups in total. The Balaban J connectivity index is 1.59. The lowest BCUT2D eigenvalue weighted by Crippen LogP contribution is -2.39. The summed E-state index contributed by atoms with van der Waals surface area (Å²) < 4.78 is 10.6. The molecule has 2 aliphatic rings. The van der Waals surface area contributed by atoms with Crippen LogP contribution in [-0.4, -0.2) is 44.5 Å². The first-order chi connectivity index (χ1) is 10.8. The van der Waals surface area contributed by atoms with Crippen molar-refractivity contribution in [2.45, 2.75) is 70.9 Å². The number of alkyl carbamates (subject to hydrolysis) is 1. The number of hydrogen-bond acceptors (Lipinski definition) is 4. The standard InChI is InChI=1S/C18H34N2O3/c1-17(2,3)23-16(21)19-11-5-6-15(12-22-4)20-13-18(9-10-18)14-7-8-14/h14-15,20H,5-13H2,1-4H3,(H,19,21). The molecule has 2 rings (SSSR count). The highest BCUT2D eigenvalue weighted by atomic mass is 16.6. The maximum Gasteiger partial charge on any atom is 0.407 e. The molecule has 2 saturated carbocycles. The van der Waals surface area contributed by atoms with Crippen molar-refractivity contribution >= 4 is 6.09 Å². The minimum absolute atomic E-state index is 0.334. The van der Waals surface area contributed by atoms with Crippen molar-refractivity contribution in [2.24, 2.45) is 11.3 Å². The highest BCUT2D eigenvalue weighted by molar-refractivity contribution is 5.67. The van der Waals surface area contributed by atoms with E-state index in [1.54, 1.807) is 7.11 Å². The Morgan fingerprint density at radius 1 is 1.30 bits per heavy atom. The van der Waals surface area contributed by atoms with Crippen molar-refractivity contribution in [2.75, 3.05) is 26.8 Å². The molecule has 0 saturated heterocycles. The molecule has 1 amide bonds. The number of methoxy groups -OCH3 is 1. The van der Waals surface area contributed by atoms with Gasteiger partial charge < -0.3 is 20.1 Å².